The molecule has 3 rings (SSSR count). The third-order valence-electron chi connectivity index (χ3n) is 3.74. The van der Waals surface area contributed by atoms with Crippen LogP contribution in [0.25, 0.3) is 21.8 Å². The molecular formula is C16H14F3NO. The van der Waals surface area contributed by atoms with Crippen LogP contribution in [0.3, 0.4) is 0 Å². The highest BCUT2D eigenvalue weighted by Crippen LogP contribution is 2.36. The Morgan fingerprint density at radius 2 is 1.71 bits per heavy atom. The van der Waals surface area contributed by atoms with Gasteiger partial charge in [-0.05, 0) is 30.7 Å². The lowest BCUT2D eigenvalue weighted by Gasteiger charge is -2.15. The van der Waals surface area contributed by atoms with Crippen molar-refractivity contribution in [2.24, 2.45) is 0 Å². The van der Waals surface area contributed by atoms with E-state index in [0.717, 1.165) is 28.4 Å². The smallest absolute Gasteiger partial charge is 0.379 e. The van der Waals surface area contributed by atoms with Gasteiger partial charge in [-0.15, -0.1) is 0 Å². The number of rotatable bonds is 2. The van der Waals surface area contributed by atoms with Crippen LogP contribution in [0.4, 0.5) is 13.2 Å². The van der Waals surface area contributed by atoms with Crippen LogP contribution < -0.4 is 0 Å². The number of aromatic nitrogens is 1. The van der Waals surface area contributed by atoms with Crippen LogP contribution in [-0.4, -0.2) is 15.8 Å². The first kappa shape index (κ1) is 13.9. The van der Waals surface area contributed by atoms with Crippen molar-refractivity contribution in [1.82, 2.24) is 4.57 Å². The van der Waals surface area contributed by atoms with Crippen molar-refractivity contribution in [3.8, 4) is 0 Å². The molecule has 0 saturated heterocycles. The Morgan fingerprint density at radius 3 is 2.38 bits per heavy atom. The van der Waals surface area contributed by atoms with Gasteiger partial charge < -0.3 is 9.67 Å². The van der Waals surface area contributed by atoms with E-state index < -0.39 is 12.3 Å². The molecule has 21 heavy (non-hydrogen) atoms. The largest absolute Gasteiger partial charge is 0.418 e. The second-order valence-electron chi connectivity index (χ2n) is 4.98. The van der Waals surface area contributed by atoms with Crippen molar-refractivity contribution in [1.29, 1.82) is 0 Å². The maximum Gasteiger partial charge on any atom is 0.418 e. The fourth-order valence-electron chi connectivity index (χ4n) is 2.77. The lowest BCUT2D eigenvalue weighted by molar-refractivity contribution is -0.206. The van der Waals surface area contributed by atoms with Crippen molar-refractivity contribution in [3.63, 3.8) is 0 Å². The SMILES string of the molecule is CCn1c2ccccc2c2cc([C@H](O)C(F)(F)F)ccc21. The van der Waals surface area contributed by atoms with Gasteiger partial charge in [-0.2, -0.15) is 13.2 Å². The van der Waals surface area contributed by atoms with Crippen LogP contribution in [0.2, 0.25) is 0 Å². The van der Waals surface area contributed by atoms with E-state index in [0.29, 0.717) is 0 Å². The summed E-state index contributed by atoms with van der Waals surface area (Å²) in [4.78, 5) is 0. The van der Waals surface area contributed by atoms with Gasteiger partial charge in [0.15, 0.2) is 6.10 Å². The third kappa shape index (κ3) is 2.17. The minimum atomic E-state index is -4.66. The standard InChI is InChI=1S/C16H14F3NO/c1-2-20-13-6-4-3-5-11(13)12-9-10(7-8-14(12)20)15(21)16(17,18)19/h3-9,15,21H,2H2,1H3/t15-/m0/s1. The van der Waals surface area contributed by atoms with Gasteiger partial charge in [-0.1, -0.05) is 24.3 Å². The number of nitrogens with zero attached hydrogens (tertiary/aromatic N) is 1. The molecule has 0 bridgehead atoms. The average Bonchev–Trinajstić information content (AvgIpc) is 2.78. The van der Waals surface area contributed by atoms with Gasteiger partial charge in [0.05, 0.1) is 0 Å². The molecule has 0 fully saturated rings. The predicted molar refractivity (Wildman–Crippen MR) is 76.1 cm³/mol. The van der Waals surface area contributed by atoms with Gasteiger partial charge in [0, 0.05) is 28.4 Å². The van der Waals surface area contributed by atoms with Gasteiger partial charge in [-0.3, -0.25) is 0 Å². The Kier molecular flexibility index (Phi) is 3.17. The molecular weight excluding hydrogens is 279 g/mol. The highest BCUT2D eigenvalue weighted by atomic mass is 19.4. The van der Waals surface area contributed by atoms with E-state index >= 15 is 0 Å². The Hall–Kier alpha value is -2.01. The van der Waals surface area contributed by atoms with E-state index in [2.05, 4.69) is 4.57 Å². The average molecular weight is 293 g/mol. The number of halogens is 3. The quantitative estimate of drug-likeness (QED) is 0.744. The summed E-state index contributed by atoms with van der Waals surface area (Å²) >= 11 is 0. The van der Waals surface area contributed by atoms with E-state index in [9.17, 15) is 18.3 Å². The lowest BCUT2D eigenvalue weighted by Crippen LogP contribution is -2.20. The number of fused-ring (bicyclic) bond motifs is 3. The summed E-state index contributed by atoms with van der Waals surface area (Å²) in [5.41, 5.74) is 1.72. The number of para-hydroxylation sites is 1. The zero-order chi connectivity index (χ0) is 15.2. The molecule has 1 N–H and O–H groups in total. The zero-order valence-electron chi connectivity index (χ0n) is 11.4. The molecule has 2 nitrogen and oxygen atoms in total. The van der Waals surface area contributed by atoms with E-state index in [1.54, 1.807) is 6.07 Å². The van der Waals surface area contributed by atoms with E-state index in [4.69, 9.17) is 0 Å². The van der Waals surface area contributed by atoms with Crippen LogP contribution in [0.1, 0.15) is 18.6 Å². The minimum absolute atomic E-state index is 0.131. The first-order valence-corrected chi connectivity index (χ1v) is 6.69. The summed E-state index contributed by atoms with van der Waals surface area (Å²) in [6.07, 6.45) is -7.11. The molecule has 5 heteroatoms. The summed E-state index contributed by atoms with van der Waals surface area (Å²) in [6.45, 7) is 2.72. The molecule has 0 aliphatic rings. The Morgan fingerprint density at radius 1 is 1.05 bits per heavy atom. The number of aliphatic hydroxyl groups excluding tert-OH is 1. The molecule has 110 valence electrons. The first-order valence-electron chi connectivity index (χ1n) is 6.69. The molecule has 0 aliphatic carbocycles. The Balaban J connectivity index is 2.29. The molecule has 0 aliphatic heterocycles. The second-order valence-corrected chi connectivity index (χ2v) is 4.98. The number of aryl methyl sites for hydroxylation is 1. The number of hydrogen-bond acceptors (Lipinski definition) is 1. The van der Waals surface area contributed by atoms with Crippen molar-refractivity contribution in [2.75, 3.05) is 0 Å². The molecule has 0 radical (unpaired) electrons. The van der Waals surface area contributed by atoms with Crippen molar-refractivity contribution in [2.45, 2.75) is 25.7 Å². The minimum Gasteiger partial charge on any atom is -0.379 e. The fourth-order valence-corrected chi connectivity index (χ4v) is 2.77. The molecule has 1 atom stereocenters. The Bertz CT molecular complexity index is 804. The summed E-state index contributed by atoms with van der Waals surface area (Å²) in [5, 5.41) is 11.0. The van der Waals surface area contributed by atoms with E-state index in [-0.39, 0.29) is 5.56 Å². The monoisotopic (exact) mass is 293 g/mol. The highest BCUT2D eigenvalue weighted by Gasteiger charge is 2.39. The summed E-state index contributed by atoms with van der Waals surface area (Å²) in [5.74, 6) is 0. The van der Waals surface area contributed by atoms with Crippen LogP contribution in [0.5, 0.6) is 0 Å². The number of alkyl halides is 3. The molecule has 0 spiro atoms. The van der Waals surface area contributed by atoms with Gasteiger partial charge in [-0.25, -0.2) is 0 Å². The number of benzene rings is 2. The van der Waals surface area contributed by atoms with Crippen LogP contribution >= 0.6 is 0 Å². The summed E-state index contributed by atoms with van der Waals surface area (Å²) in [6, 6.07) is 12.0. The van der Waals surface area contributed by atoms with Gasteiger partial charge in [0.1, 0.15) is 0 Å². The Labute approximate surface area is 119 Å². The summed E-state index contributed by atoms with van der Waals surface area (Å²) in [7, 11) is 0. The molecule has 0 amide bonds. The molecule has 0 saturated carbocycles. The van der Waals surface area contributed by atoms with Crippen LogP contribution in [0.15, 0.2) is 42.5 Å². The van der Waals surface area contributed by atoms with Gasteiger partial charge in [0.25, 0.3) is 0 Å². The molecule has 2 aromatic carbocycles. The molecule has 3 aromatic rings. The van der Waals surface area contributed by atoms with Crippen molar-refractivity contribution < 1.29 is 18.3 Å². The molecule has 0 unspecified atom stereocenters. The maximum absolute atomic E-state index is 12.7. The topological polar surface area (TPSA) is 25.2 Å². The summed E-state index contributed by atoms with van der Waals surface area (Å²) < 4.78 is 40.0. The fraction of sp³-hybridized carbons (Fsp3) is 0.250. The lowest BCUT2D eigenvalue weighted by atomic mass is 10.1. The molecule has 1 heterocycles. The van der Waals surface area contributed by atoms with E-state index in [1.165, 1.54) is 12.1 Å². The second kappa shape index (κ2) is 4.77. The maximum atomic E-state index is 12.7. The van der Waals surface area contributed by atoms with E-state index in [1.807, 2.05) is 31.2 Å². The zero-order valence-corrected chi connectivity index (χ0v) is 11.4. The van der Waals surface area contributed by atoms with Crippen molar-refractivity contribution in [3.05, 3.63) is 48.0 Å². The number of aliphatic hydroxyl groups is 1. The number of hydrogen-bond donors (Lipinski definition) is 1. The third-order valence-corrected chi connectivity index (χ3v) is 3.74. The predicted octanol–water partition coefficient (Wildman–Crippen LogP) is 4.41. The van der Waals surface area contributed by atoms with Crippen LogP contribution in [-0.2, 0) is 6.54 Å². The van der Waals surface area contributed by atoms with Crippen LogP contribution in [0, 0.1) is 0 Å². The highest BCUT2D eigenvalue weighted by molar-refractivity contribution is 6.08. The van der Waals surface area contributed by atoms with Gasteiger partial charge in [0.2, 0.25) is 0 Å². The van der Waals surface area contributed by atoms with Crippen molar-refractivity contribution >= 4 is 21.8 Å². The molecule has 1 aromatic heterocycles. The van der Waals surface area contributed by atoms with Gasteiger partial charge >= 0.3 is 6.18 Å². The normalized spacial score (nSPS) is 14.0. The first-order chi connectivity index (χ1) is 9.93.